The number of imidazole rings is 1. The summed E-state index contributed by atoms with van der Waals surface area (Å²) in [5.41, 5.74) is 1.77. The zero-order chi connectivity index (χ0) is 20.8. The Hall–Kier alpha value is -3.22. The fourth-order valence-corrected chi connectivity index (χ4v) is 4.43. The second-order valence-corrected chi connectivity index (χ2v) is 8.17. The van der Waals surface area contributed by atoms with Crippen LogP contribution in [0.5, 0.6) is 0 Å². The monoisotopic (exact) mass is 402 g/mol. The highest BCUT2D eigenvalue weighted by molar-refractivity contribution is 6.04. The van der Waals surface area contributed by atoms with E-state index in [0.717, 1.165) is 29.3 Å². The first kappa shape index (κ1) is 18.8. The Morgan fingerprint density at radius 2 is 1.93 bits per heavy atom. The highest BCUT2D eigenvalue weighted by Gasteiger charge is 2.43. The lowest BCUT2D eigenvalue weighted by atomic mass is 10.0. The van der Waals surface area contributed by atoms with Gasteiger partial charge in [0.15, 0.2) is 5.82 Å². The molecule has 7 heteroatoms. The van der Waals surface area contributed by atoms with Gasteiger partial charge in [-0.2, -0.15) is 4.98 Å². The number of anilines is 2. The largest absolute Gasteiger partial charge is 0.340 e. The number of fused-ring (bicyclic) bond motifs is 1. The van der Waals surface area contributed by atoms with Gasteiger partial charge in [0, 0.05) is 31.0 Å². The Bertz CT molecular complexity index is 1070. The van der Waals surface area contributed by atoms with Gasteiger partial charge >= 0.3 is 0 Å². The predicted octanol–water partition coefficient (Wildman–Crippen LogP) is 3.69. The molecule has 2 aliphatic rings. The van der Waals surface area contributed by atoms with Crippen molar-refractivity contribution in [2.45, 2.75) is 45.2 Å². The first-order valence-electron chi connectivity index (χ1n) is 10.6. The average Bonchev–Trinajstić information content (AvgIpc) is 3.52. The second kappa shape index (κ2) is 7.23. The van der Waals surface area contributed by atoms with E-state index in [2.05, 4.69) is 28.7 Å². The SMILES string of the molecule is CCC1C(=O)N(C)c2cnc(-n3ccnc3-c3ccccc3)nc2N1C(C)C1CC1. The van der Waals surface area contributed by atoms with Crippen LogP contribution in [0.3, 0.4) is 0 Å². The summed E-state index contributed by atoms with van der Waals surface area (Å²) in [6.07, 6.45) is 8.59. The molecule has 2 atom stereocenters. The van der Waals surface area contributed by atoms with Crippen molar-refractivity contribution in [1.29, 1.82) is 0 Å². The third-order valence-corrected chi connectivity index (χ3v) is 6.31. The molecule has 0 radical (unpaired) electrons. The molecule has 1 aromatic carbocycles. The highest BCUT2D eigenvalue weighted by atomic mass is 16.2. The molecule has 2 aromatic heterocycles. The lowest BCUT2D eigenvalue weighted by Gasteiger charge is -2.43. The molecule has 1 saturated carbocycles. The van der Waals surface area contributed by atoms with Gasteiger partial charge in [0.2, 0.25) is 11.9 Å². The maximum Gasteiger partial charge on any atom is 0.249 e. The van der Waals surface area contributed by atoms with E-state index in [1.54, 1.807) is 17.3 Å². The normalized spacial score (nSPS) is 19.7. The standard InChI is InChI=1S/C23H26N6O/c1-4-18-22(30)27(3)19-14-25-23(26-21(19)29(18)15(2)16-10-11-16)28-13-12-24-20(28)17-8-6-5-7-9-17/h5-9,12-16,18H,4,10-11H2,1-3H3. The van der Waals surface area contributed by atoms with Crippen molar-refractivity contribution in [1.82, 2.24) is 19.5 Å². The quantitative estimate of drug-likeness (QED) is 0.651. The highest BCUT2D eigenvalue weighted by Crippen LogP contribution is 2.42. The number of hydrogen-bond acceptors (Lipinski definition) is 5. The Morgan fingerprint density at radius 1 is 1.17 bits per heavy atom. The third kappa shape index (κ3) is 2.96. The minimum Gasteiger partial charge on any atom is -0.340 e. The van der Waals surface area contributed by atoms with Crippen LogP contribution in [0.25, 0.3) is 17.3 Å². The fraction of sp³-hybridized carbons (Fsp3) is 0.391. The first-order chi connectivity index (χ1) is 14.6. The van der Waals surface area contributed by atoms with Crippen LogP contribution < -0.4 is 9.80 Å². The van der Waals surface area contributed by atoms with Gasteiger partial charge in [-0.15, -0.1) is 0 Å². The van der Waals surface area contributed by atoms with E-state index < -0.39 is 0 Å². The van der Waals surface area contributed by atoms with Gasteiger partial charge < -0.3 is 9.80 Å². The van der Waals surface area contributed by atoms with Gasteiger partial charge in [-0.25, -0.2) is 9.97 Å². The Morgan fingerprint density at radius 3 is 2.63 bits per heavy atom. The van der Waals surface area contributed by atoms with Crippen molar-refractivity contribution in [3.63, 3.8) is 0 Å². The van der Waals surface area contributed by atoms with Crippen molar-refractivity contribution < 1.29 is 4.79 Å². The average molecular weight is 403 g/mol. The number of hydrogen-bond donors (Lipinski definition) is 0. The van der Waals surface area contributed by atoms with E-state index in [9.17, 15) is 4.79 Å². The van der Waals surface area contributed by atoms with Gasteiger partial charge in [-0.1, -0.05) is 37.3 Å². The number of carbonyl (C=O) groups is 1. The van der Waals surface area contributed by atoms with Crippen molar-refractivity contribution in [2.24, 2.45) is 5.92 Å². The maximum absolute atomic E-state index is 13.0. The van der Waals surface area contributed by atoms with Crippen LogP contribution in [0.2, 0.25) is 0 Å². The Balaban J connectivity index is 1.63. The van der Waals surface area contributed by atoms with Crippen LogP contribution in [-0.4, -0.2) is 44.6 Å². The number of amides is 1. The van der Waals surface area contributed by atoms with E-state index in [4.69, 9.17) is 4.98 Å². The topological polar surface area (TPSA) is 67.2 Å². The zero-order valence-electron chi connectivity index (χ0n) is 17.6. The maximum atomic E-state index is 13.0. The molecule has 2 unspecified atom stereocenters. The summed E-state index contributed by atoms with van der Waals surface area (Å²) in [5, 5.41) is 0. The van der Waals surface area contributed by atoms with E-state index in [-0.39, 0.29) is 18.0 Å². The minimum absolute atomic E-state index is 0.112. The summed E-state index contributed by atoms with van der Waals surface area (Å²) in [7, 11) is 1.82. The number of likely N-dealkylation sites (N-methyl/N-ethyl adjacent to an activating group) is 1. The van der Waals surface area contributed by atoms with Crippen LogP contribution in [0, 0.1) is 5.92 Å². The zero-order valence-corrected chi connectivity index (χ0v) is 17.6. The summed E-state index contributed by atoms with van der Waals surface area (Å²) in [4.78, 5) is 31.1. The molecule has 0 spiro atoms. The Kier molecular flexibility index (Phi) is 4.53. The van der Waals surface area contributed by atoms with Gasteiger partial charge in [-0.3, -0.25) is 9.36 Å². The molecule has 0 N–H and O–H groups in total. The number of aromatic nitrogens is 4. The fourth-order valence-electron chi connectivity index (χ4n) is 4.43. The molecular formula is C23H26N6O. The Labute approximate surface area is 176 Å². The number of rotatable bonds is 5. The third-order valence-electron chi connectivity index (χ3n) is 6.31. The molecule has 30 heavy (non-hydrogen) atoms. The van der Waals surface area contributed by atoms with E-state index >= 15 is 0 Å². The van der Waals surface area contributed by atoms with E-state index in [0.29, 0.717) is 11.9 Å². The summed E-state index contributed by atoms with van der Waals surface area (Å²) in [6.45, 7) is 4.29. The predicted molar refractivity (Wildman–Crippen MR) is 117 cm³/mol. The van der Waals surface area contributed by atoms with Gasteiger partial charge in [0.25, 0.3) is 0 Å². The summed E-state index contributed by atoms with van der Waals surface area (Å²) >= 11 is 0. The summed E-state index contributed by atoms with van der Waals surface area (Å²) < 4.78 is 1.91. The van der Waals surface area contributed by atoms with Crippen LogP contribution in [0.4, 0.5) is 11.5 Å². The lowest BCUT2D eigenvalue weighted by molar-refractivity contribution is -0.120. The molecule has 154 valence electrons. The lowest BCUT2D eigenvalue weighted by Crippen LogP contribution is -2.56. The molecule has 1 fully saturated rings. The first-order valence-corrected chi connectivity index (χ1v) is 10.6. The number of nitrogens with zero attached hydrogens (tertiary/aromatic N) is 6. The molecule has 1 aliphatic carbocycles. The second-order valence-electron chi connectivity index (χ2n) is 8.17. The van der Waals surface area contributed by atoms with Gasteiger partial charge in [-0.05, 0) is 32.1 Å². The van der Waals surface area contributed by atoms with Crippen LogP contribution >= 0.6 is 0 Å². The molecule has 5 rings (SSSR count). The molecule has 0 saturated heterocycles. The smallest absolute Gasteiger partial charge is 0.249 e. The molecule has 7 nitrogen and oxygen atoms in total. The molecule has 1 aliphatic heterocycles. The van der Waals surface area contributed by atoms with Crippen LogP contribution in [-0.2, 0) is 4.79 Å². The summed E-state index contributed by atoms with van der Waals surface area (Å²) in [6, 6.07) is 10.1. The molecule has 3 heterocycles. The van der Waals surface area contributed by atoms with Crippen LogP contribution in [0.1, 0.15) is 33.1 Å². The molecule has 1 amide bonds. The molecule has 0 bridgehead atoms. The van der Waals surface area contributed by atoms with Crippen LogP contribution in [0.15, 0.2) is 48.9 Å². The van der Waals surface area contributed by atoms with Crippen molar-refractivity contribution in [2.75, 3.05) is 16.8 Å². The number of benzene rings is 1. The molecular weight excluding hydrogens is 376 g/mol. The number of carbonyl (C=O) groups excluding carboxylic acids is 1. The van der Waals surface area contributed by atoms with Crippen molar-refractivity contribution in [3.05, 3.63) is 48.9 Å². The van der Waals surface area contributed by atoms with Crippen molar-refractivity contribution in [3.8, 4) is 17.3 Å². The summed E-state index contributed by atoms with van der Waals surface area (Å²) in [5.74, 6) is 2.93. The van der Waals surface area contributed by atoms with Gasteiger partial charge in [0.05, 0.1) is 6.20 Å². The minimum atomic E-state index is -0.197. The van der Waals surface area contributed by atoms with Crippen molar-refractivity contribution >= 4 is 17.4 Å². The molecule has 3 aromatic rings. The van der Waals surface area contributed by atoms with Gasteiger partial charge in [0.1, 0.15) is 17.6 Å². The van der Waals surface area contributed by atoms with E-state index in [1.807, 2.05) is 48.1 Å². The van der Waals surface area contributed by atoms with E-state index in [1.165, 1.54) is 12.8 Å².